The highest BCUT2D eigenvalue weighted by atomic mass is 16.5. The van der Waals surface area contributed by atoms with Crippen LogP contribution in [0.25, 0.3) is 0 Å². The van der Waals surface area contributed by atoms with Crippen LogP contribution in [0.15, 0.2) is 36.7 Å². The Hall–Kier alpha value is -2.83. The second-order valence-electron chi connectivity index (χ2n) is 7.14. The maximum Gasteiger partial charge on any atom is 0.224 e. The second kappa shape index (κ2) is 9.39. The van der Waals surface area contributed by atoms with Gasteiger partial charge in [0.1, 0.15) is 11.6 Å². The monoisotopic (exact) mass is 384 g/mol. The van der Waals surface area contributed by atoms with Crippen LogP contribution in [0.5, 0.6) is 5.75 Å². The summed E-state index contributed by atoms with van der Waals surface area (Å²) in [7, 11) is 1.63. The van der Waals surface area contributed by atoms with Gasteiger partial charge in [0.25, 0.3) is 0 Å². The number of piperidine rings is 1. The number of hydrogen-bond donors (Lipinski definition) is 1. The summed E-state index contributed by atoms with van der Waals surface area (Å²) in [5.41, 5.74) is 1.04. The van der Waals surface area contributed by atoms with Gasteiger partial charge >= 0.3 is 0 Å². The van der Waals surface area contributed by atoms with Gasteiger partial charge in [0, 0.05) is 50.9 Å². The number of carbonyl (C=O) groups excluding carboxylic acids is 2. The molecule has 7 nitrogen and oxygen atoms in total. The Morgan fingerprint density at radius 1 is 1.21 bits per heavy atom. The molecule has 150 valence electrons. The van der Waals surface area contributed by atoms with Crippen LogP contribution in [0.4, 0.5) is 0 Å². The number of likely N-dealkylation sites (tertiary alicyclic amines) is 1. The topological polar surface area (TPSA) is 76.5 Å². The molecule has 0 unspecified atom stereocenters. The summed E-state index contributed by atoms with van der Waals surface area (Å²) < 4.78 is 7.12. The lowest BCUT2D eigenvalue weighted by molar-refractivity contribution is -0.135. The zero-order chi connectivity index (χ0) is 19.9. The highest BCUT2D eigenvalue weighted by Gasteiger charge is 2.27. The Kier molecular flexibility index (Phi) is 6.68. The van der Waals surface area contributed by atoms with Crippen molar-refractivity contribution in [3.63, 3.8) is 0 Å². The number of methoxy groups -OCH3 is 1. The normalized spacial score (nSPS) is 14.7. The Morgan fingerprint density at radius 2 is 1.93 bits per heavy atom. The van der Waals surface area contributed by atoms with Crippen molar-refractivity contribution in [1.82, 2.24) is 19.8 Å². The van der Waals surface area contributed by atoms with Crippen LogP contribution in [0, 0.1) is 12.8 Å². The summed E-state index contributed by atoms with van der Waals surface area (Å²) in [6, 6.07) is 7.67. The van der Waals surface area contributed by atoms with Crippen molar-refractivity contribution < 1.29 is 14.3 Å². The molecule has 28 heavy (non-hydrogen) atoms. The Labute approximate surface area is 165 Å². The van der Waals surface area contributed by atoms with Crippen LogP contribution in [-0.2, 0) is 22.7 Å². The number of imidazole rings is 1. The molecule has 1 aliphatic rings. The number of aryl methyl sites for hydroxylation is 2. The molecule has 1 aromatic heterocycles. The first-order valence-electron chi connectivity index (χ1n) is 9.73. The van der Waals surface area contributed by atoms with E-state index < -0.39 is 0 Å². The largest absolute Gasteiger partial charge is 0.497 e. The van der Waals surface area contributed by atoms with Gasteiger partial charge in [-0.1, -0.05) is 12.1 Å². The minimum Gasteiger partial charge on any atom is -0.497 e. The van der Waals surface area contributed by atoms with Gasteiger partial charge in [-0.3, -0.25) is 9.59 Å². The summed E-state index contributed by atoms with van der Waals surface area (Å²) in [4.78, 5) is 30.9. The number of hydrogen-bond acceptors (Lipinski definition) is 4. The van der Waals surface area contributed by atoms with Crippen LogP contribution < -0.4 is 10.1 Å². The lowest BCUT2D eigenvalue weighted by atomic mass is 9.95. The molecule has 1 saturated heterocycles. The Bertz CT molecular complexity index is 792. The summed E-state index contributed by atoms with van der Waals surface area (Å²) in [6.45, 7) is 4.37. The molecule has 1 fully saturated rings. The zero-order valence-electron chi connectivity index (χ0n) is 16.6. The van der Waals surface area contributed by atoms with Crippen molar-refractivity contribution in [1.29, 1.82) is 0 Å². The smallest absolute Gasteiger partial charge is 0.224 e. The third kappa shape index (κ3) is 5.12. The molecule has 0 aliphatic carbocycles. The fourth-order valence-corrected chi connectivity index (χ4v) is 3.48. The van der Waals surface area contributed by atoms with Gasteiger partial charge in [-0.05, 0) is 37.5 Å². The first-order chi connectivity index (χ1) is 13.6. The quantitative estimate of drug-likeness (QED) is 0.794. The van der Waals surface area contributed by atoms with E-state index in [1.165, 1.54) is 0 Å². The fourth-order valence-electron chi connectivity index (χ4n) is 3.48. The Balaban J connectivity index is 1.39. The van der Waals surface area contributed by atoms with Gasteiger partial charge in [-0.15, -0.1) is 0 Å². The van der Waals surface area contributed by atoms with Gasteiger partial charge in [0.15, 0.2) is 0 Å². The van der Waals surface area contributed by atoms with E-state index in [9.17, 15) is 9.59 Å². The molecule has 1 aromatic carbocycles. The molecule has 7 heteroatoms. The van der Waals surface area contributed by atoms with E-state index in [-0.39, 0.29) is 17.7 Å². The van der Waals surface area contributed by atoms with Crippen LogP contribution in [-0.4, -0.2) is 46.5 Å². The molecule has 3 rings (SSSR count). The molecule has 1 N–H and O–H groups in total. The third-order valence-electron chi connectivity index (χ3n) is 5.33. The molecule has 2 heterocycles. The predicted molar refractivity (Wildman–Crippen MR) is 106 cm³/mol. The maximum absolute atomic E-state index is 12.4. The van der Waals surface area contributed by atoms with Crippen molar-refractivity contribution in [2.75, 3.05) is 20.2 Å². The lowest BCUT2D eigenvalue weighted by Crippen LogP contribution is -2.43. The Morgan fingerprint density at radius 3 is 2.54 bits per heavy atom. The van der Waals surface area contributed by atoms with Crippen molar-refractivity contribution >= 4 is 11.8 Å². The number of carbonyl (C=O) groups is 2. The van der Waals surface area contributed by atoms with Gasteiger partial charge in [-0.2, -0.15) is 0 Å². The standard InChI is InChI=1S/C21H28N4O3/c1-16-22-10-14-24(16)13-9-20(26)25-11-7-18(8-12-25)21(27)23-15-17-3-5-19(28-2)6-4-17/h3-6,10,14,18H,7-9,11-13,15H2,1-2H3,(H,23,27). The number of rotatable bonds is 7. The van der Waals surface area contributed by atoms with Crippen molar-refractivity contribution in [2.45, 2.75) is 39.3 Å². The van der Waals surface area contributed by atoms with Crippen LogP contribution >= 0.6 is 0 Å². The molecule has 1 aliphatic heterocycles. The molecule has 0 saturated carbocycles. The molecular weight excluding hydrogens is 356 g/mol. The van der Waals surface area contributed by atoms with E-state index in [0.717, 1.165) is 17.1 Å². The SMILES string of the molecule is COc1ccc(CNC(=O)C2CCN(C(=O)CCn3ccnc3C)CC2)cc1. The number of nitrogens with zero attached hydrogens (tertiary/aromatic N) is 3. The average Bonchev–Trinajstić information content (AvgIpc) is 3.15. The summed E-state index contributed by atoms with van der Waals surface area (Å²) in [5, 5.41) is 3.01. The molecule has 0 atom stereocenters. The minimum atomic E-state index is -0.0295. The fraction of sp³-hybridized carbons (Fsp3) is 0.476. The zero-order valence-corrected chi connectivity index (χ0v) is 16.6. The third-order valence-corrected chi connectivity index (χ3v) is 5.33. The number of nitrogens with one attached hydrogen (secondary N) is 1. The van der Waals surface area contributed by atoms with Gasteiger partial charge < -0.3 is 19.5 Å². The van der Waals surface area contributed by atoms with Crippen LogP contribution in [0.3, 0.4) is 0 Å². The highest BCUT2D eigenvalue weighted by molar-refractivity contribution is 5.80. The molecular formula is C21H28N4O3. The van der Waals surface area contributed by atoms with Crippen LogP contribution in [0.2, 0.25) is 0 Å². The van der Waals surface area contributed by atoms with Gasteiger partial charge in [0.2, 0.25) is 11.8 Å². The first kappa shape index (κ1) is 19.9. The molecule has 0 radical (unpaired) electrons. The van der Waals surface area contributed by atoms with E-state index in [1.807, 2.05) is 46.9 Å². The number of amides is 2. The van der Waals surface area contributed by atoms with E-state index >= 15 is 0 Å². The first-order valence-corrected chi connectivity index (χ1v) is 9.73. The number of aromatic nitrogens is 2. The highest BCUT2D eigenvalue weighted by Crippen LogP contribution is 2.19. The number of benzene rings is 1. The van der Waals surface area contributed by atoms with Gasteiger partial charge in [-0.25, -0.2) is 4.98 Å². The van der Waals surface area contributed by atoms with E-state index in [2.05, 4.69) is 10.3 Å². The second-order valence-corrected chi connectivity index (χ2v) is 7.14. The summed E-state index contributed by atoms with van der Waals surface area (Å²) in [6.07, 6.45) is 5.53. The number of ether oxygens (including phenoxy) is 1. The molecule has 0 bridgehead atoms. The van der Waals surface area contributed by atoms with E-state index in [0.29, 0.717) is 45.4 Å². The predicted octanol–water partition coefficient (Wildman–Crippen LogP) is 2.15. The summed E-state index contributed by atoms with van der Waals surface area (Å²) >= 11 is 0. The van der Waals surface area contributed by atoms with Crippen molar-refractivity contribution in [3.05, 3.63) is 48.0 Å². The van der Waals surface area contributed by atoms with Crippen molar-refractivity contribution in [2.24, 2.45) is 5.92 Å². The van der Waals surface area contributed by atoms with E-state index in [4.69, 9.17) is 4.74 Å². The van der Waals surface area contributed by atoms with E-state index in [1.54, 1.807) is 13.3 Å². The van der Waals surface area contributed by atoms with Crippen LogP contribution in [0.1, 0.15) is 30.7 Å². The maximum atomic E-state index is 12.4. The molecule has 2 aromatic rings. The molecule has 2 amide bonds. The lowest BCUT2D eigenvalue weighted by Gasteiger charge is -2.31. The minimum absolute atomic E-state index is 0.0295. The van der Waals surface area contributed by atoms with Gasteiger partial charge in [0.05, 0.1) is 7.11 Å². The summed E-state index contributed by atoms with van der Waals surface area (Å²) in [5.74, 6) is 1.90. The molecule has 0 spiro atoms. The van der Waals surface area contributed by atoms with Crippen molar-refractivity contribution in [3.8, 4) is 5.75 Å². The average molecular weight is 384 g/mol.